The lowest BCUT2D eigenvalue weighted by Gasteiger charge is -2.45. The molecule has 1 aliphatic carbocycles. The van der Waals surface area contributed by atoms with Crippen molar-refractivity contribution in [2.75, 3.05) is 50.1 Å². The molecule has 1 N–H and O–H groups in total. The largest absolute Gasteiger partial charge is 0.349 e. The van der Waals surface area contributed by atoms with Crippen LogP contribution in [0.3, 0.4) is 0 Å². The number of hydrogen-bond acceptors (Lipinski definition) is 7. The summed E-state index contributed by atoms with van der Waals surface area (Å²) in [6.07, 6.45) is 3.53. The second-order valence-corrected chi connectivity index (χ2v) is 13.3. The van der Waals surface area contributed by atoms with E-state index in [4.69, 9.17) is 21.6 Å². The molecule has 2 atom stereocenters. The molecule has 0 spiro atoms. The van der Waals surface area contributed by atoms with E-state index < -0.39 is 5.82 Å². The Morgan fingerprint density at radius 3 is 2.55 bits per heavy atom. The number of benzene rings is 2. The Morgan fingerprint density at radius 1 is 1.11 bits per heavy atom. The van der Waals surface area contributed by atoms with E-state index in [1.54, 1.807) is 0 Å². The van der Waals surface area contributed by atoms with Gasteiger partial charge in [-0.2, -0.15) is 10.1 Å². The summed E-state index contributed by atoms with van der Waals surface area (Å²) in [6.45, 7) is 12.3. The highest BCUT2D eigenvalue weighted by atomic mass is 35.5. The third-order valence-electron chi connectivity index (χ3n) is 9.64. The van der Waals surface area contributed by atoms with Crippen LogP contribution in [0.5, 0.6) is 0 Å². The van der Waals surface area contributed by atoms with Crippen molar-refractivity contribution in [1.82, 2.24) is 30.0 Å². The van der Waals surface area contributed by atoms with Crippen LogP contribution in [0.25, 0.3) is 32.9 Å². The van der Waals surface area contributed by atoms with Gasteiger partial charge in [-0.15, -0.1) is 0 Å². The number of carbonyl (C=O) groups is 1. The number of piperazine rings is 1. The molecule has 1 saturated carbocycles. The molecule has 9 nitrogen and oxygen atoms in total. The Hall–Kier alpha value is -3.76. The number of fused-ring (bicyclic) bond motifs is 2. The molecule has 2 aliphatic heterocycles. The topological polar surface area (TPSA) is 84.5 Å². The van der Waals surface area contributed by atoms with Crippen LogP contribution in [-0.2, 0) is 4.79 Å². The first-order valence-electron chi connectivity index (χ1n) is 15.4. The normalized spacial score (nSPS) is 21.0. The van der Waals surface area contributed by atoms with Gasteiger partial charge in [0.2, 0.25) is 11.9 Å². The Morgan fingerprint density at radius 2 is 1.86 bits per heavy atom. The van der Waals surface area contributed by atoms with Gasteiger partial charge in [-0.25, -0.2) is 9.37 Å². The van der Waals surface area contributed by atoms with E-state index in [-0.39, 0.29) is 23.5 Å². The number of likely N-dealkylation sites (N-methyl/N-ethyl adjacent to an activating group) is 1. The van der Waals surface area contributed by atoms with Crippen LogP contribution in [0.15, 0.2) is 30.9 Å². The minimum atomic E-state index is -0.457. The van der Waals surface area contributed by atoms with Crippen LogP contribution in [0, 0.1) is 12.7 Å². The number of anilines is 2. The molecule has 2 saturated heterocycles. The number of hydrogen-bond donors (Lipinski definition) is 1. The number of H-pyrrole nitrogens is 1. The third-order valence-corrected chi connectivity index (χ3v) is 9.93. The fraction of sp³-hybridized carbons (Fsp3) is 0.455. The molecule has 2 aromatic heterocycles. The molecule has 7 rings (SSSR count). The maximum atomic E-state index is 17.2. The predicted octanol–water partition coefficient (Wildman–Crippen LogP) is 5.51. The molecular weight excluding hydrogens is 579 g/mol. The van der Waals surface area contributed by atoms with E-state index in [2.05, 4.69) is 52.5 Å². The number of halogens is 2. The lowest BCUT2D eigenvalue weighted by Crippen LogP contribution is -2.59. The maximum Gasteiger partial charge on any atom is 0.246 e. The zero-order chi connectivity index (χ0) is 31.0. The van der Waals surface area contributed by atoms with Crippen LogP contribution in [0.1, 0.15) is 43.9 Å². The molecule has 0 radical (unpaired) electrons. The molecule has 4 heterocycles. The fourth-order valence-corrected chi connectivity index (χ4v) is 7.06. The Balaban J connectivity index is 1.42. The highest BCUT2D eigenvalue weighted by molar-refractivity contribution is 6.35. The van der Waals surface area contributed by atoms with Crippen molar-refractivity contribution in [2.24, 2.45) is 0 Å². The van der Waals surface area contributed by atoms with E-state index in [0.717, 1.165) is 53.7 Å². The third kappa shape index (κ3) is 4.61. The van der Waals surface area contributed by atoms with Crippen molar-refractivity contribution in [3.05, 3.63) is 53.0 Å². The van der Waals surface area contributed by atoms with Gasteiger partial charge in [-0.1, -0.05) is 24.2 Å². The van der Waals surface area contributed by atoms with Crippen molar-refractivity contribution in [3.8, 4) is 11.1 Å². The summed E-state index contributed by atoms with van der Waals surface area (Å²) in [6, 6.07) is 5.98. The molecule has 3 aliphatic rings. The van der Waals surface area contributed by atoms with Gasteiger partial charge in [0.25, 0.3) is 0 Å². The zero-order valence-corrected chi connectivity index (χ0v) is 26.6. The minimum Gasteiger partial charge on any atom is -0.349 e. The van der Waals surface area contributed by atoms with Gasteiger partial charge < -0.3 is 19.6 Å². The number of carbonyl (C=O) groups excluding carboxylic acids is 1. The summed E-state index contributed by atoms with van der Waals surface area (Å²) in [5.41, 5.74) is 4.13. The first-order chi connectivity index (χ1) is 21.1. The van der Waals surface area contributed by atoms with E-state index in [1.165, 1.54) is 6.08 Å². The standard InChI is InChI=1S/C33H38ClFN8O/c1-7-25(44)42-13-19(4)43(14-18(42)3)32-22-12-23(34)27(26-17(2)8-11-24-28(26)30(39-38-24)20-9-10-20)29(35)31(22)36-33(37-32)41-15-21(16-41)40(5)6/h7-8,11-12,18-21H,1,9-10,13-16H2,2-6H3,(H,38,39)/t18-,19-/m1/s1. The Kier molecular flexibility index (Phi) is 7.05. The molecule has 230 valence electrons. The smallest absolute Gasteiger partial charge is 0.246 e. The van der Waals surface area contributed by atoms with Crippen molar-refractivity contribution < 1.29 is 9.18 Å². The van der Waals surface area contributed by atoms with Crippen molar-refractivity contribution in [3.63, 3.8) is 0 Å². The molecule has 0 unspecified atom stereocenters. The predicted molar refractivity (Wildman–Crippen MR) is 174 cm³/mol. The lowest BCUT2D eigenvalue weighted by atomic mass is 9.93. The van der Waals surface area contributed by atoms with Crippen molar-refractivity contribution >= 4 is 51.1 Å². The Bertz CT molecular complexity index is 1810. The number of amides is 1. The van der Waals surface area contributed by atoms with Gasteiger partial charge in [0.1, 0.15) is 11.3 Å². The molecule has 2 aromatic carbocycles. The second-order valence-electron chi connectivity index (χ2n) is 12.9. The number of nitrogens with zero attached hydrogens (tertiary/aromatic N) is 7. The second kappa shape index (κ2) is 10.7. The van der Waals surface area contributed by atoms with Crippen LogP contribution in [0.4, 0.5) is 16.2 Å². The number of nitrogens with one attached hydrogen (secondary N) is 1. The van der Waals surface area contributed by atoms with Crippen LogP contribution < -0.4 is 9.80 Å². The van der Waals surface area contributed by atoms with Crippen LogP contribution >= 0.6 is 11.6 Å². The van der Waals surface area contributed by atoms with E-state index in [0.29, 0.717) is 52.8 Å². The average molecular weight is 617 g/mol. The first-order valence-corrected chi connectivity index (χ1v) is 15.7. The summed E-state index contributed by atoms with van der Waals surface area (Å²) >= 11 is 7.06. The summed E-state index contributed by atoms with van der Waals surface area (Å²) in [4.78, 5) is 30.8. The molecule has 0 bridgehead atoms. The monoisotopic (exact) mass is 616 g/mol. The lowest BCUT2D eigenvalue weighted by molar-refractivity contribution is -0.128. The molecule has 44 heavy (non-hydrogen) atoms. The SMILES string of the molecule is C=CC(=O)N1C[C@@H](C)N(c2nc(N3CC(N(C)C)C3)nc3c(F)c(-c4c(C)ccc5n[nH]c(C6CC6)c45)c(Cl)cc23)C[C@H]1C. The van der Waals surface area contributed by atoms with E-state index in [9.17, 15) is 4.79 Å². The highest BCUT2D eigenvalue weighted by Gasteiger charge is 2.37. The Labute approximate surface area is 261 Å². The van der Waals surface area contributed by atoms with E-state index in [1.807, 2.05) is 36.9 Å². The van der Waals surface area contributed by atoms with Crippen molar-refractivity contribution in [1.29, 1.82) is 0 Å². The van der Waals surface area contributed by atoms with Gasteiger partial charge in [-0.05, 0) is 71.5 Å². The summed E-state index contributed by atoms with van der Waals surface area (Å²) in [7, 11) is 4.12. The number of rotatable bonds is 6. The minimum absolute atomic E-state index is 0.0727. The highest BCUT2D eigenvalue weighted by Crippen LogP contribution is 2.48. The summed E-state index contributed by atoms with van der Waals surface area (Å²) in [5, 5.41) is 9.58. The number of aryl methyl sites for hydroxylation is 1. The zero-order valence-electron chi connectivity index (χ0n) is 25.9. The van der Waals surface area contributed by atoms with Gasteiger partial charge in [0.05, 0.1) is 10.5 Å². The van der Waals surface area contributed by atoms with Crippen LogP contribution in [0.2, 0.25) is 5.02 Å². The summed E-state index contributed by atoms with van der Waals surface area (Å²) < 4.78 is 17.2. The van der Waals surface area contributed by atoms with Gasteiger partial charge >= 0.3 is 0 Å². The molecule has 1 amide bonds. The first kappa shape index (κ1) is 29.0. The van der Waals surface area contributed by atoms with Gasteiger partial charge in [0.15, 0.2) is 5.82 Å². The number of aromatic nitrogens is 4. The fourth-order valence-electron chi connectivity index (χ4n) is 6.78. The summed E-state index contributed by atoms with van der Waals surface area (Å²) in [5.74, 6) is 0.976. The van der Waals surface area contributed by atoms with Gasteiger partial charge in [0, 0.05) is 77.8 Å². The van der Waals surface area contributed by atoms with E-state index >= 15 is 4.39 Å². The molecule has 4 aromatic rings. The van der Waals surface area contributed by atoms with Crippen molar-refractivity contribution in [2.45, 2.75) is 57.7 Å². The molecule has 3 fully saturated rings. The quantitative estimate of drug-likeness (QED) is 0.286. The maximum absolute atomic E-state index is 17.2. The number of aromatic amines is 1. The van der Waals surface area contributed by atoms with Crippen LogP contribution in [-0.4, -0.2) is 94.3 Å². The molecular formula is C33H38ClFN8O. The van der Waals surface area contributed by atoms with Gasteiger partial charge in [-0.3, -0.25) is 9.89 Å². The average Bonchev–Trinajstić information content (AvgIpc) is 3.72. The molecule has 11 heteroatoms.